The van der Waals surface area contributed by atoms with Crippen molar-refractivity contribution in [3.63, 3.8) is 0 Å². The van der Waals surface area contributed by atoms with E-state index in [0.717, 1.165) is 24.8 Å². The molecule has 0 unspecified atom stereocenters. The summed E-state index contributed by atoms with van der Waals surface area (Å²) < 4.78 is 27.6. The molecule has 1 aliphatic carbocycles. The first-order valence-corrected chi connectivity index (χ1v) is 11.1. The number of benzene rings is 2. The Morgan fingerprint density at radius 2 is 1.86 bits per heavy atom. The van der Waals surface area contributed by atoms with Crippen molar-refractivity contribution in [3.05, 3.63) is 71.3 Å². The van der Waals surface area contributed by atoms with E-state index in [-0.39, 0.29) is 10.8 Å². The number of aryl methyl sites for hydroxylation is 1. The fourth-order valence-corrected chi connectivity index (χ4v) is 4.28. The first-order valence-electron chi connectivity index (χ1n) is 9.60. The van der Waals surface area contributed by atoms with Crippen LogP contribution in [0.4, 0.5) is 5.69 Å². The van der Waals surface area contributed by atoms with Crippen molar-refractivity contribution < 1.29 is 13.2 Å². The molecule has 2 aromatic rings. The number of carbonyl (C=O) groups is 1. The molecule has 0 fully saturated rings. The van der Waals surface area contributed by atoms with E-state index in [4.69, 9.17) is 0 Å². The molecule has 2 aromatic carbocycles. The van der Waals surface area contributed by atoms with Gasteiger partial charge in [-0.1, -0.05) is 35.4 Å². The lowest BCUT2D eigenvalue weighted by molar-refractivity contribution is 0.0954. The Morgan fingerprint density at radius 1 is 1.07 bits per heavy atom. The van der Waals surface area contributed by atoms with Crippen molar-refractivity contribution in [2.24, 2.45) is 0 Å². The molecule has 0 atom stereocenters. The van der Waals surface area contributed by atoms with Gasteiger partial charge in [-0.2, -0.15) is 0 Å². The van der Waals surface area contributed by atoms with E-state index >= 15 is 0 Å². The first kappa shape index (κ1) is 20.1. The maximum atomic E-state index is 12.5. The molecule has 0 bridgehead atoms. The molecular weight excluding hydrogens is 372 g/mol. The van der Waals surface area contributed by atoms with Gasteiger partial charge in [0.2, 0.25) is 0 Å². The Hall–Kier alpha value is -2.60. The van der Waals surface area contributed by atoms with Crippen LogP contribution in [0.5, 0.6) is 0 Å². The van der Waals surface area contributed by atoms with Crippen molar-refractivity contribution in [2.45, 2.75) is 43.9 Å². The number of hydrogen-bond acceptors (Lipinski definition) is 3. The third-order valence-electron chi connectivity index (χ3n) is 4.82. The van der Waals surface area contributed by atoms with Gasteiger partial charge in [0.05, 0.1) is 4.90 Å². The van der Waals surface area contributed by atoms with Crippen LogP contribution >= 0.6 is 0 Å². The molecule has 1 aliphatic rings. The average molecular weight is 399 g/mol. The summed E-state index contributed by atoms with van der Waals surface area (Å²) in [6.45, 7) is 2.49. The van der Waals surface area contributed by atoms with Crippen LogP contribution in [-0.2, 0) is 10.0 Å². The molecule has 0 heterocycles. The summed E-state index contributed by atoms with van der Waals surface area (Å²) in [7, 11) is -3.69. The summed E-state index contributed by atoms with van der Waals surface area (Å²) >= 11 is 0. The summed E-state index contributed by atoms with van der Waals surface area (Å²) in [6, 6.07) is 13.2. The van der Waals surface area contributed by atoms with Crippen LogP contribution in [0.1, 0.15) is 48.0 Å². The number of amides is 1. The zero-order valence-corrected chi connectivity index (χ0v) is 16.9. The van der Waals surface area contributed by atoms with E-state index in [1.165, 1.54) is 18.4 Å². The van der Waals surface area contributed by atoms with Gasteiger partial charge in [0.25, 0.3) is 15.9 Å². The molecule has 0 spiro atoms. The predicted octanol–water partition coefficient (Wildman–Crippen LogP) is 4.42. The summed E-state index contributed by atoms with van der Waals surface area (Å²) in [5.74, 6) is -0.201. The SMILES string of the molecule is Cc1ccc(S(=O)(=O)Nc2cccc(C(=O)NCCC3=CCCCC3)c2)cc1. The highest BCUT2D eigenvalue weighted by Crippen LogP contribution is 2.20. The first-order chi connectivity index (χ1) is 13.4. The Balaban J connectivity index is 1.62. The number of rotatable bonds is 7. The van der Waals surface area contributed by atoms with Crippen molar-refractivity contribution >= 4 is 21.6 Å². The van der Waals surface area contributed by atoms with E-state index in [9.17, 15) is 13.2 Å². The van der Waals surface area contributed by atoms with Gasteiger partial charge in [-0.3, -0.25) is 9.52 Å². The van der Waals surface area contributed by atoms with Gasteiger partial charge < -0.3 is 5.32 Å². The molecule has 1 amide bonds. The lowest BCUT2D eigenvalue weighted by Gasteiger charge is -2.13. The molecule has 0 radical (unpaired) electrons. The van der Waals surface area contributed by atoms with Crippen LogP contribution in [0.3, 0.4) is 0 Å². The second kappa shape index (κ2) is 9.06. The number of carbonyl (C=O) groups excluding carboxylic acids is 1. The number of hydrogen-bond donors (Lipinski definition) is 2. The van der Waals surface area contributed by atoms with Gasteiger partial charge in [0.1, 0.15) is 0 Å². The lowest BCUT2D eigenvalue weighted by atomic mass is 9.97. The molecule has 0 saturated carbocycles. The predicted molar refractivity (Wildman–Crippen MR) is 112 cm³/mol. The zero-order valence-electron chi connectivity index (χ0n) is 16.1. The van der Waals surface area contributed by atoms with Gasteiger partial charge in [-0.05, 0) is 69.4 Å². The average Bonchev–Trinajstić information content (AvgIpc) is 2.69. The number of nitrogens with one attached hydrogen (secondary N) is 2. The van der Waals surface area contributed by atoms with Gasteiger partial charge in [0.15, 0.2) is 0 Å². The minimum absolute atomic E-state index is 0.189. The van der Waals surface area contributed by atoms with Crippen LogP contribution in [0, 0.1) is 6.92 Å². The second-order valence-corrected chi connectivity index (χ2v) is 8.80. The van der Waals surface area contributed by atoms with Gasteiger partial charge >= 0.3 is 0 Å². The Kier molecular flexibility index (Phi) is 6.52. The maximum absolute atomic E-state index is 12.5. The largest absolute Gasteiger partial charge is 0.352 e. The van der Waals surface area contributed by atoms with Gasteiger partial charge in [-0.15, -0.1) is 0 Å². The summed E-state index contributed by atoms with van der Waals surface area (Å²) in [5, 5.41) is 2.92. The van der Waals surface area contributed by atoms with E-state index in [0.29, 0.717) is 17.8 Å². The Morgan fingerprint density at radius 3 is 2.57 bits per heavy atom. The fourth-order valence-electron chi connectivity index (χ4n) is 3.23. The zero-order chi connectivity index (χ0) is 20.0. The van der Waals surface area contributed by atoms with Gasteiger partial charge in [-0.25, -0.2) is 8.42 Å². The quantitative estimate of drug-likeness (QED) is 0.678. The molecule has 148 valence electrons. The Bertz CT molecular complexity index is 964. The topological polar surface area (TPSA) is 75.3 Å². The summed E-state index contributed by atoms with van der Waals surface area (Å²) in [6.07, 6.45) is 7.87. The van der Waals surface area contributed by atoms with Crippen LogP contribution < -0.4 is 10.0 Å². The van der Waals surface area contributed by atoms with E-state index in [1.54, 1.807) is 48.5 Å². The van der Waals surface area contributed by atoms with Crippen molar-refractivity contribution in [3.8, 4) is 0 Å². The number of allylic oxidation sites excluding steroid dienone is 1. The van der Waals surface area contributed by atoms with E-state index < -0.39 is 10.0 Å². The fraction of sp³-hybridized carbons (Fsp3) is 0.318. The van der Waals surface area contributed by atoms with Crippen molar-refractivity contribution in [2.75, 3.05) is 11.3 Å². The van der Waals surface area contributed by atoms with Crippen LogP contribution in [-0.4, -0.2) is 20.9 Å². The molecule has 0 saturated heterocycles. The minimum atomic E-state index is -3.69. The third kappa shape index (κ3) is 5.45. The third-order valence-corrected chi connectivity index (χ3v) is 6.22. The molecule has 5 nitrogen and oxygen atoms in total. The minimum Gasteiger partial charge on any atom is -0.352 e. The number of sulfonamides is 1. The standard InChI is InChI=1S/C22H26N2O3S/c1-17-10-12-21(13-11-17)28(26,27)24-20-9-5-8-19(16-20)22(25)23-15-14-18-6-3-2-4-7-18/h5-6,8-13,16,24H,2-4,7,14-15H2,1H3,(H,23,25). The van der Waals surface area contributed by atoms with Crippen LogP contribution in [0.2, 0.25) is 0 Å². The monoisotopic (exact) mass is 398 g/mol. The molecule has 3 rings (SSSR count). The Labute approximate surface area is 166 Å². The number of anilines is 1. The van der Waals surface area contributed by atoms with Crippen molar-refractivity contribution in [1.82, 2.24) is 5.32 Å². The molecule has 6 heteroatoms. The van der Waals surface area contributed by atoms with E-state index in [2.05, 4.69) is 16.1 Å². The summed E-state index contributed by atoms with van der Waals surface area (Å²) in [4.78, 5) is 12.6. The van der Waals surface area contributed by atoms with Crippen molar-refractivity contribution in [1.29, 1.82) is 0 Å². The van der Waals surface area contributed by atoms with Crippen LogP contribution in [0.15, 0.2) is 65.1 Å². The molecule has 0 aliphatic heterocycles. The highest BCUT2D eigenvalue weighted by atomic mass is 32.2. The smallest absolute Gasteiger partial charge is 0.261 e. The van der Waals surface area contributed by atoms with Crippen LogP contribution in [0.25, 0.3) is 0 Å². The molecular formula is C22H26N2O3S. The summed E-state index contributed by atoms with van der Waals surface area (Å²) in [5.41, 5.74) is 3.19. The second-order valence-electron chi connectivity index (χ2n) is 7.11. The molecule has 2 N–H and O–H groups in total. The van der Waals surface area contributed by atoms with Gasteiger partial charge in [0, 0.05) is 17.8 Å². The molecule has 28 heavy (non-hydrogen) atoms. The highest BCUT2D eigenvalue weighted by molar-refractivity contribution is 7.92. The molecule has 0 aromatic heterocycles. The van der Waals surface area contributed by atoms with E-state index in [1.807, 2.05) is 6.92 Å². The maximum Gasteiger partial charge on any atom is 0.261 e. The normalized spacial score (nSPS) is 14.2. The highest BCUT2D eigenvalue weighted by Gasteiger charge is 2.15. The lowest BCUT2D eigenvalue weighted by Crippen LogP contribution is -2.25.